The van der Waals surface area contributed by atoms with E-state index in [1.165, 1.54) is 5.56 Å². The zero-order chi connectivity index (χ0) is 10.7. The summed E-state index contributed by atoms with van der Waals surface area (Å²) in [4.78, 5) is 2.20. The van der Waals surface area contributed by atoms with Crippen LogP contribution in [0.2, 0.25) is 0 Å². The Kier molecular flexibility index (Phi) is 4.41. The zero-order valence-corrected chi connectivity index (χ0v) is 11.4. The molecule has 1 N–H and O–H groups in total. The van der Waals surface area contributed by atoms with Crippen molar-refractivity contribution in [2.24, 2.45) is 0 Å². The van der Waals surface area contributed by atoms with Gasteiger partial charge in [0, 0.05) is 6.54 Å². The van der Waals surface area contributed by atoms with Gasteiger partial charge in [-0.15, -0.1) is 0 Å². The van der Waals surface area contributed by atoms with Crippen molar-refractivity contribution in [2.45, 2.75) is 13.5 Å². The first-order chi connectivity index (χ1) is 6.54. The number of phenolic OH excluding ortho intramolecular Hbond substituents is 1. The van der Waals surface area contributed by atoms with Crippen LogP contribution in [0.3, 0.4) is 0 Å². The van der Waals surface area contributed by atoms with Gasteiger partial charge in [0.05, 0.1) is 8.95 Å². The van der Waals surface area contributed by atoms with Crippen LogP contribution in [0.4, 0.5) is 0 Å². The van der Waals surface area contributed by atoms with E-state index in [1.807, 2.05) is 12.1 Å². The molecule has 0 amide bonds. The molecule has 0 aliphatic rings. The van der Waals surface area contributed by atoms with Crippen molar-refractivity contribution >= 4 is 31.9 Å². The summed E-state index contributed by atoms with van der Waals surface area (Å²) in [6, 6.07) is 3.87. The van der Waals surface area contributed by atoms with Gasteiger partial charge in [-0.3, -0.25) is 0 Å². The Morgan fingerprint density at radius 3 is 2.21 bits per heavy atom. The summed E-state index contributed by atoms with van der Waals surface area (Å²) in [7, 11) is 2.06. The maximum absolute atomic E-state index is 9.51. The predicted molar refractivity (Wildman–Crippen MR) is 65.5 cm³/mol. The topological polar surface area (TPSA) is 23.5 Å². The number of phenols is 1. The average molecular weight is 323 g/mol. The van der Waals surface area contributed by atoms with E-state index in [-0.39, 0.29) is 5.75 Å². The monoisotopic (exact) mass is 321 g/mol. The lowest BCUT2D eigenvalue weighted by Crippen LogP contribution is -2.16. The van der Waals surface area contributed by atoms with Gasteiger partial charge in [0.15, 0.2) is 0 Å². The molecule has 0 saturated heterocycles. The van der Waals surface area contributed by atoms with Gasteiger partial charge < -0.3 is 10.0 Å². The molecule has 0 aromatic heterocycles. The smallest absolute Gasteiger partial charge is 0.143 e. The maximum atomic E-state index is 9.51. The van der Waals surface area contributed by atoms with Crippen molar-refractivity contribution in [3.63, 3.8) is 0 Å². The molecule has 0 aliphatic carbocycles. The lowest BCUT2D eigenvalue weighted by Gasteiger charge is -2.14. The number of hydrogen-bond acceptors (Lipinski definition) is 2. The molecule has 78 valence electrons. The molecule has 0 unspecified atom stereocenters. The standard InChI is InChI=1S/C10H13Br2NO/c1-3-13(2)6-7-4-8(11)10(14)9(12)5-7/h4-5,14H,3,6H2,1-2H3. The highest BCUT2D eigenvalue weighted by molar-refractivity contribution is 9.11. The van der Waals surface area contributed by atoms with Crippen LogP contribution < -0.4 is 0 Å². The highest BCUT2D eigenvalue weighted by Crippen LogP contribution is 2.33. The van der Waals surface area contributed by atoms with Gasteiger partial charge in [-0.2, -0.15) is 0 Å². The Balaban J connectivity index is 2.89. The first-order valence-electron chi connectivity index (χ1n) is 4.40. The minimum Gasteiger partial charge on any atom is -0.506 e. The molecule has 0 atom stereocenters. The summed E-state index contributed by atoms with van der Waals surface area (Å²) < 4.78 is 1.46. The van der Waals surface area contributed by atoms with E-state index in [4.69, 9.17) is 0 Å². The Hall–Kier alpha value is -0.0600. The number of rotatable bonds is 3. The number of benzene rings is 1. The van der Waals surface area contributed by atoms with Crippen molar-refractivity contribution in [2.75, 3.05) is 13.6 Å². The summed E-state index contributed by atoms with van der Waals surface area (Å²) in [5.41, 5.74) is 1.17. The van der Waals surface area contributed by atoms with E-state index in [9.17, 15) is 5.11 Å². The van der Waals surface area contributed by atoms with Crippen molar-refractivity contribution in [1.29, 1.82) is 0 Å². The van der Waals surface area contributed by atoms with E-state index >= 15 is 0 Å². The average Bonchev–Trinajstić information content (AvgIpc) is 2.14. The molecule has 0 radical (unpaired) electrons. The minimum atomic E-state index is 0.257. The van der Waals surface area contributed by atoms with E-state index in [0.29, 0.717) is 0 Å². The third kappa shape index (κ3) is 2.97. The van der Waals surface area contributed by atoms with Gasteiger partial charge in [0.1, 0.15) is 5.75 Å². The second kappa shape index (κ2) is 5.14. The number of nitrogens with zero attached hydrogens (tertiary/aromatic N) is 1. The summed E-state index contributed by atoms with van der Waals surface area (Å²) in [5.74, 6) is 0.257. The van der Waals surface area contributed by atoms with Gasteiger partial charge in [-0.05, 0) is 63.1 Å². The first-order valence-corrected chi connectivity index (χ1v) is 5.98. The van der Waals surface area contributed by atoms with Crippen molar-refractivity contribution in [1.82, 2.24) is 4.90 Å². The molecule has 0 spiro atoms. The Morgan fingerprint density at radius 2 is 1.79 bits per heavy atom. The van der Waals surface area contributed by atoms with Crippen LogP contribution >= 0.6 is 31.9 Å². The van der Waals surface area contributed by atoms with E-state index < -0.39 is 0 Å². The highest BCUT2D eigenvalue weighted by atomic mass is 79.9. The molecule has 1 rings (SSSR count). The first kappa shape index (κ1) is 12.0. The second-order valence-electron chi connectivity index (χ2n) is 3.24. The minimum absolute atomic E-state index is 0.257. The maximum Gasteiger partial charge on any atom is 0.143 e. The summed E-state index contributed by atoms with van der Waals surface area (Å²) in [6.07, 6.45) is 0. The largest absolute Gasteiger partial charge is 0.506 e. The summed E-state index contributed by atoms with van der Waals surface area (Å²) in [5, 5.41) is 9.51. The molecular weight excluding hydrogens is 310 g/mol. The second-order valence-corrected chi connectivity index (χ2v) is 4.95. The van der Waals surface area contributed by atoms with Crippen LogP contribution in [-0.2, 0) is 6.54 Å². The van der Waals surface area contributed by atoms with Gasteiger partial charge in [-0.25, -0.2) is 0 Å². The lowest BCUT2D eigenvalue weighted by molar-refractivity contribution is 0.345. The molecule has 2 nitrogen and oxygen atoms in total. The lowest BCUT2D eigenvalue weighted by atomic mass is 10.2. The van der Waals surface area contributed by atoms with E-state index in [1.54, 1.807) is 0 Å². The number of hydrogen-bond donors (Lipinski definition) is 1. The van der Waals surface area contributed by atoms with E-state index in [2.05, 4.69) is 50.7 Å². The zero-order valence-electron chi connectivity index (χ0n) is 8.22. The Labute approximate surface area is 101 Å². The van der Waals surface area contributed by atoms with E-state index in [0.717, 1.165) is 22.0 Å². The van der Waals surface area contributed by atoms with Crippen LogP contribution in [0, 0.1) is 0 Å². The van der Waals surface area contributed by atoms with Crippen LogP contribution in [0.15, 0.2) is 21.1 Å². The fourth-order valence-corrected chi connectivity index (χ4v) is 2.41. The quantitative estimate of drug-likeness (QED) is 0.922. The molecule has 0 heterocycles. The van der Waals surface area contributed by atoms with Crippen LogP contribution in [0.5, 0.6) is 5.75 Å². The fraction of sp³-hybridized carbons (Fsp3) is 0.400. The van der Waals surface area contributed by atoms with Gasteiger partial charge >= 0.3 is 0 Å². The molecule has 0 bridgehead atoms. The predicted octanol–water partition coefficient (Wildman–Crippen LogP) is 3.37. The third-order valence-corrected chi connectivity index (χ3v) is 3.28. The van der Waals surface area contributed by atoms with Crippen LogP contribution in [0.25, 0.3) is 0 Å². The highest BCUT2D eigenvalue weighted by Gasteiger charge is 2.06. The normalized spacial score (nSPS) is 10.9. The van der Waals surface area contributed by atoms with Gasteiger partial charge in [0.2, 0.25) is 0 Å². The molecule has 4 heteroatoms. The molecule has 14 heavy (non-hydrogen) atoms. The molecule has 0 fully saturated rings. The summed E-state index contributed by atoms with van der Waals surface area (Å²) in [6.45, 7) is 4.01. The van der Waals surface area contributed by atoms with Gasteiger partial charge in [-0.1, -0.05) is 6.92 Å². The molecule has 0 aliphatic heterocycles. The molecule has 1 aromatic rings. The SMILES string of the molecule is CCN(C)Cc1cc(Br)c(O)c(Br)c1. The number of halogens is 2. The molecule has 1 aromatic carbocycles. The Morgan fingerprint density at radius 1 is 1.29 bits per heavy atom. The molecule has 0 saturated carbocycles. The Bertz CT molecular complexity index is 305. The number of aromatic hydroxyl groups is 1. The third-order valence-electron chi connectivity index (χ3n) is 2.07. The molecular formula is C10H13Br2NO. The summed E-state index contributed by atoms with van der Waals surface area (Å²) >= 11 is 6.62. The van der Waals surface area contributed by atoms with Crippen LogP contribution in [-0.4, -0.2) is 23.6 Å². The van der Waals surface area contributed by atoms with Crippen molar-refractivity contribution in [3.8, 4) is 5.75 Å². The fourth-order valence-electron chi connectivity index (χ4n) is 1.13. The van der Waals surface area contributed by atoms with Crippen molar-refractivity contribution in [3.05, 3.63) is 26.6 Å². The van der Waals surface area contributed by atoms with Crippen molar-refractivity contribution < 1.29 is 5.11 Å². The van der Waals surface area contributed by atoms with Gasteiger partial charge in [0.25, 0.3) is 0 Å². The van der Waals surface area contributed by atoms with Crippen LogP contribution in [0.1, 0.15) is 12.5 Å².